The Morgan fingerprint density at radius 1 is 1.19 bits per heavy atom. The van der Waals surface area contributed by atoms with Gasteiger partial charge in [-0.3, -0.25) is 0 Å². The number of aryl methyl sites for hydroxylation is 1. The summed E-state index contributed by atoms with van der Waals surface area (Å²) >= 11 is 1.82. The molecule has 5 heteroatoms. The summed E-state index contributed by atoms with van der Waals surface area (Å²) in [5.74, 6) is 1.94. The second-order valence-corrected chi connectivity index (χ2v) is 7.87. The van der Waals surface area contributed by atoms with Crippen LogP contribution in [0.2, 0.25) is 0 Å². The summed E-state index contributed by atoms with van der Waals surface area (Å²) in [5, 5.41) is 12.8. The highest BCUT2D eigenvalue weighted by Crippen LogP contribution is 2.40. The van der Waals surface area contributed by atoms with Gasteiger partial charge < -0.3 is 9.84 Å². The van der Waals surface area contributed by atoms with Crippen molar-refractivity contribution in [3.8, 4) is 5.75 Å². The SMILES string of the molecule is CCOc1ccccc1N1C[C@@](O)(c2ccc(C)cc2)[N+]2=C1SCCC2. The molecule has 0 radical (unpaired) electrons. The summed E-state index contributed by atoms with van der Waals surface area (Å²) in [7, 11) is 0. The lowest BCUT2D eigenvalue weighted by atomic mass is 10.0. The third-order valence-electron chi connectivity index (χ3n) is 5.01. The molecule has 0 bridgehead atoms. The van der Waals surface area contributed by atoms with Crippen molar-refractivity contribution in [3.63, 3.8) is 0 Å². The lowest BCUT2D eigenvalue weighted by Gasteiger charge is -2.24. The molecule has 2 heterocycles. The van der Waals surface area contributed by atoms with E-state index in [9.17, 15) is 5.11 Å². The highest BCUT2D eigenvalue weighted by molar-refractivity contribution is 8.13. The molecule has 0 aromatic heterocycles. The van der Waals surface area contributed by atoms with E-state index in [0.29, 0.717) is 13.2 Å². The first-order valence-electron chi connectivity index (χ1n) is 9.20. The number of ether oxygens (including phenoxy) is 1. The Balaban J connectivity index is 1.79. The van der Waals surface area contributed by atoms with Crippen LogP contribution in [0, 0.1) is 6.92 Å². The molecular formula is C21H25N2O2S+. The van der Waals surface area contributed by atoms with Crippen LogP contribution in [0.15, 0.2) is 48.5 Å². The molecule has 2 aliphatic rings. The maximum atomic E-state index is 11.7. The highest BCUT2D eigenvalue weighted by Gasteiger charge is 2.53. The monoisotopic (exact) mass is 369 g/mol. The molecule has 2 aliphatic heterocycles. The molecule has 1 N–H and O–H groups in total. The first-order chi connectivity index (χ1) is 12.6. The summed E-state index contributed by atoms with van der Waals surface area (Å²) < 4.78 is 8.02. The molecular weight excluding hydrogens is 344 g/mol. The average Bonchev–Trinajstić information content (AvgIpc) is 2.97. The summed E-state index contributed by atoms with van der Waals surface area (Å²) in [6.07, 6.45) is 1.07. The van der Waals surface area contributed by atoms with E-state index in [1.54, 1.807) is 0 Å². The minimum atomic E-state index is -1.02. The number of hydrogen-bond acceptors (Lipinski definition) is 4. The number of thioether (sulfide) groups is 1. The zero-order valence-electron chi connectivity index (χ0n) is 15.3. The van der Waals surface area contributed by atoms with Crippen molar-refractivity contribution in [1.82, 2.24) is 0 Å². The molecule has 0 spiro atoms. The number of amidine groups is 1. The first-order valence-corrected chi connectivity index (χ1v) is 10.2. The van der Waals surface area contributed by atoms with Crippen molar-refractivity contribution in [2.75, 3.05) is 30.3 Å². The number of aliphatic hydroxyl groups is 1. The van der Waals surface area contributed by atoms with E-state index in [-0.39, 0.29) is 0 Å². The first kappa shape index (κ1) is 17.4. The third kappa shape index (κ3) is 2.89. The molecule has 136 valence electrons. The highest BCUT2D eigenvalue weighted by atomic mass is 32.2. The van der Waals surface area contributed by atoms with Crippen LogP contribution in [-0.4, -0.2) is 40.3 Å². The lowest BCUT2D eigenvalue weighted by molar-refractivity contribution is -0.656. The molecule has 0 fully saturated rings. The molecule has 0 amide bonds. The van der Waals surface area contributed by atoms with Crippen LogP contribution in [0.1, 0.15) is 24.5 Å². The second kappa shape index (κ2) is 6.97. The number of β-amino-alcohol motifs (C(OH)–C–C–N with tert-alkyl or cyclic N) is 1. The van der Waals surface area contributed by atoms with E-state index < -0.39 is 5.72 Å². The molecule has 0 aliphatic carbocycles. The Labute approximate surface area is 159 Å². The normalized spacial score (nSPS) is 22.5. The van der Waals surface area contributed by atoms with E-state index in [1.807, 2.05) is 49.0 Å². The van der Waals surface area contributed by atoms with Crippen LogP contribution in [0.25, 0.3) is 0 Å². The van der Waals surface area contributed by atoms with Gasteiger partial charge in [0.2, 0.25) is 0 Å². The molecule has 4 nitrogen and oxygen atoms in total. The number of hydrogen-bond donors (Lipinski definition) is 1. The molecule has 0 saturated heterocycles. The van der Waals surface area contributed by atoms with Crippen molar-refractivity contribution in [2.45, 2.75) is 26.0 Å². The van der Waals surface area contributed by atoms with Gasteiger partial charge in [0.15, 0.2) is 18.0 Å². The molecule has 4 rings (SSSR count). The summed E-state index contributed by atoms with van der Waals surface area (Å²) in [4.78, 5) is 2.22. The minimum Gasteiger partial charge on any atom is -0.489 e. The maximum absolute atomic E-state index is 11.7. The Morgan fingerprint density at radius 2 is 1.96 bits per heavy atom. The average molecular weight is 370 g/mol. The predicted molar refractivity (Wildman–Crippen MR) is 107 cm³/mol. The van der Waals surface area contributed by atoms with E-state index in [4.69, 9.17) is 4.74 Å². The lowest BCUT2D eigenvalue weighted by Crippen LogP contribution is -2.41. The second-order valence-electron chi connectivity index (χ2n) is 6.81. The Bertz CT molecular complexity index is 834. The Hall–Kier alpha value is -1.98. The summed E-state index contributed by atoms with van der Waals surface area (Å²) in [6.45, 7) is 6.06. The molecule has 2 aromatic carbocycles. The number of rotatable bonds is 4. The summed E-state index contributed by atoms with van der Waals surface area (Å²) in [6, 6.07) is 16.3. The zero-order chi connectivity index (χ0) is 18.1. The van der Waals surface area contributed by atoms with E-state index in [0.717, 1.165) is 40.9 Å². The van der Waals surface area contributed by atoms with Crippen molar-refractivity contribution >= 4 is 22.6 Å². The fourth-order valence-electron chi connectivity index (χ4n) is 3.71. The van der Waals surface area contributed by atoms with E-state index >= 15 is 0 Å². The molecule has 2 aromatic rings. The van der Waals surface area contributed by atoms with Crippen molar-refractivity contribution < 1.29 is 14.4 Å². The number of anilines is 1. The van der Waals surface area contributed by atoms with Crippen LogP contribution >= 0.6 is 11.8 Å². The fourth-order valence-corrected chi connectivity index (χ4v) is 4.89. The standard InChI is InChI=1S/C21H25N2O2S/c1-3-25-19-8-5-4-7-18(19)22-15-21(24,17-11-9-16(2)10-12-17)23-13-6-14-26-20(22)23/h4-5,7-12,24H,3,6,13-15H2,1-2H3/q+1/t21-/m1/s1. The fraction of sp³-hybridized carbons (Fsp3) is 0.381. The molecule has 26 heavy (non-hydrogen) atoms. The van der Waals surface area contributed by atoms with Gasteiger partial charge in [0.25, 0.3) is 5.72 Å². The predicted octanol–water partition coefficient (Wildman–Crippen LogP) is 3.56. The van der Waals surface area contributed by atoms with E-state index in [1.165, 1.54) is 5.56 Å². The van der Waals surface area contributed by atoms with Crippen molar-refractivity contribution in [3.05, 3.63) is 59.7 Å². The topological polar surface area (TPSA) is 35.7 Å². The van der Waals surface area contributed by atoms with Crippen LogP contribution < -0.4 is 9.64 Å². The van der Waals surface area contributed by atoms with Gasteiger partial charge in [-0.1, -0.05) is 42.0 Å². The smallest absolute Gasteiger partial charge is 0.316 e. The van der Waals surface area contributed by atoms with Gasteiger partial charge in [0, 0.05) is 11.3 Å². The minimum absolute atomic E-state index is 0.502. The van der Waals surface area contributed by atoms with Crippen LogP contribution in [0.5, 0.6) is 5.75 Å². The van der Waals surface area contributed by atoms with Crippen molar-refractivity contribution in [1.29, 1.82) is 0 Å². The van der Waals surface area contributed by atoms with Gasteiger partial charge in [0.05, 0.1) is 13.2 Å². The Kier molecular flexibility index (Phi) is 4.67. The van der Waals surface area contributed by atoms with Gasteiger partial charge >= 0.3 is 5.17 Å². The summed E-state index contributed by atoms with van der Waals surface area (Å²) in [5.41, 5.74) is 2.15. The van der Waals surface area contributed by atoms with Crippen LogP contribution in [-0.2, 0) is 5.72 Å². The number of benzene rings is 2. The van der Waals surface area contributed by atoms with Gasteiger partial charge in [-0.05, 0) is 44.2 Å². The van der Waals surface area contributed by atoms with Crippen molar-refractivity contribution in [2.24, 2.45) is 0 Å². The quantitative estimate of drug-likeness (QED) is 0.836. The maximum Gasteiger partial charge on any atom is 0.316 e. The van der Waals surface area contributed by atoms with Gasteiger partial charge in [-0.2, -0.15) is 0 Å². The van der Waals surface area contributed by atoms with Gasteiger partial charge in [0.1, 0.15) is 0 Å². The molecule has 0 unspecified atom stereocenters. The van der Waals surface area contributed by atoms with E-state index in [2.05, 4.69) is 34.6 Å². The van der Waals surface area contributed by atoms with Crippen LogP contribution in [0.4, 0.5) is 5.69 Å². The Morgan fingerprint density at radius 3 is 2.73 bits per heavy atom. The number of nitrogens with zero attached hydrogens (tertiary/aromatic N) is 2. The number of para-hydroxylation sites is 2. The molecule has 1 atom stereocenters. The van der Waals surface area contributed by atoms with Gasteiger partial charge in [-0.15, -0.1) is 0 Å². The van der Waals surface area contributed by atoms with Crippen LogP contribution in [0.3, 0.4) is 0 Å². The third-order valence-corrected chi connectivity index (χ3v) is 6.21. The largest absolute Gasteiger partial charge is 0.489 e. The van der Waals surface area contributed by atoms with Gasteiger partial charge in [-0.25, -0.2) is 9.48 Å². The zero-order valence-corrected chi connectivity index (χ0v) is 16.1. The molecule has 0 saturated carbocycles.